The molecular weight excluding hydrogens is 300 g/mol. The van der Waals surface area contributed by atoms with Gasteiger partial charge in [0.05, 0.1) is 0 Å². The van der Waals surface area contributed by atoms with Gasteiger partial charge < -0.3 is 15.1 Å². The summed E-state index contributed by atoms with van der Waals surface area (Å²) in [5.74, 6) is 0. The van der Waals surface area contributed by atoms with Crippen LogP contribution in [0.15, 0.2) is 48.8 Å². The lowest BCUT2D eigenvalue weighted by Gasteiger charge is -2.36. The average molecular weight is 317 g/mol. The van der Waals surface area contributed by atoms with E-state index < -0.39 is 0 Å². The molecule has 1 fully saturated rings. The Kier molecular flexibility index (Phi) is 4.44. The van der Waals surface area contributed by atoms with Crippen molar-refractivity contribution in [3.05, 3.63) is 53.8 Å². The van der Waals surface area contributed by atoms with Crippen LogP contribution in [-0.4, -0.2) is 42.1 Å². The molecule has 2 aromatic rings. The molecule has 0 radical (unpaired) electrons. The van der Waals surface area contributed by atoms with Gasteiger partial charge in [0.1, 0.15) is 0 Å². The molecule has 2 heterocycles. The van der Waals surface area contributed by atoms with E-state index in [4.69, 9.17) is 11.6 Å². The lowest BCUT2D eigenvalue weighted by atomic mass is 10.2. The highest BCUT2D eigenvalue weighted by Gasteiger charge is 2.21. The minimum Gasteiger partial charge on any atom is -0.368 e. The summed E-state index contributed by atoms with van der Waals surface area (Å²) in [5.41, 5.74) is 1.86. The molecule has 6 heteroatoms. The van der Waals surface area contributed by atoms with Gasteiger partial charge in [-0.1, -0.05) is 17.7 Å². The van der Waals surface area contributed by atoms with E-state index in [9.17, 15) is 4.79 Å². The molecule has 1 aromatic heterocycles. The van der Waals surface area contributed by atoms with Crippen molar-refractivity contribution >= 4 is 29.0 Å². The Bertz CT molecular complexity index is 642. The summed E-state index contributed by atoms with van der Waals surface area (Å²) in [6.07, 6.45) is 3.32. The molecule has 0 unspecified atom stereocenters. The van der Waals surface area contributed by atoms with Gasteiger partial charge in [0.2, 0.25) is 0 Å². The van der Waals surface area contributed by atoms with E-state index in [2.05, 4.69) is 15.2 Å². The topological polar surface area (TPSA) is 48.5 Å². The van der Waals surface area contributed by atoms with Gasteiger partial charge in [0, 0.05) is 55.0 Å². The summed E-state index contributed by atoms with van der Waals surface area (Å²) in [5, 5.41) is 3.61. The predicted molar refractivity (Wildman–Crippen MR) is 88.5 cm³/mol. The van der Waals surface area contributed by atoms with E-state index in [0.29, 0.717) is 13.1 Å². The first kappa shape index (κ1) is 14.7. The molecule has 3 rings (SSSR count). The molecule has 0 saturated carbocycles. The number of carbonyl (C=O) groups is 1. The van der Waals surface area contributed by atoms with Crippen LogP contribution in [-0.2, 0) is 0 Å². The third-order valence-corrected chi connectivity index (χ3v) is 3.91. The maximum atomic E-state index is 12.2. The molecule has 0 bridgehead atoms. The number of anilines is 2. The molecule has 1 saturated heterocycles. The number of amides is 2. The lowest BCUT2D eigenvalue weighted by Crippen LogP contribution is -2.50. The zero-order valence-corrected chi connectivity index (χ0v) is 12.8. The maximum Gasteiger partial charge on any atom is 0.321 e. The molecule has 22 heavy (non-hydrogen) atoms. The number of rotatable bonds is 2. The summed E-state index contributed by atoms with van der Waals surface area (Å²) in [4.78, 5) is 20.2. The first-order valence-corrected chi connectivity index (χ1v) is 7.56. The van der Waals surface area contributed by atoms with Crippen molar-refractivity contribution in [3.63, 3.8) is 0 Å². The van der Waals surface area contributed by atoms with E-state index >= 15 is 0 Å². The van der Waals surface area contributed by atoms with Crippen LogP contribution in [0.3, 0.4) is 0 Å². The van der Waals surface area contributed by atoms with Crippen LogP contribution in [0.2, 0.25) is 5.02 Å². The third kappa shape index (κ3) is 3.49. The fraction of sp³-hybridized carbons (Fsp3) is 0.250. The zero-order chi connectivity index (χ0) is 15.4. The Hall–Kier alpha value is -2.27. The van der Waals surface area contributed by atoms with Crippen LogP contribution in [0, 0.1) is 0 Å². The summed E-state index contributed by atoms with van der Waals surface area (Å²) in [6, 6.07) is 11.3. The van der Waals surface area contributed by atoms with Gasteiger partial charge in [-0.2, -0.15) is 0 Å². The molecule has 1 aromatic carbocycles. The van der Waals surface area contributed by atoms with Crippen LogP contribution < -0.4 is 10.2 Å². The lowest BCUT2D eigenvalue weighted by molar-refractivity contribution is 0.208. The van der Waals surface area contributed by atoms with Crippen molar-refractivity contribution in [1.82, 2.24) is 9.88 Å². The average Bonchev–Trinajstić information content (AvgIpc) is 2.56. The van der Waals surface area contributed by atoms with Gasteiger partial charge in [0.25, 0.3) is 0 Å². The fourth-order valence-corrected chi connectivity index (χ4v) is 2.66. The zero-order valence-electron chi connectivity index (χ0n) is 12.1. The fourth-order valence-electron chi connectivity index (χ4n) is 2.48. The molecule has 114 valence electrons. The normalized spacial score (nSPS) is 14.8. The Morgan fingerprint density at radius 3 is 2.50 bits per heavy atom. The molecule has 1 aliphatic heterocycles. The van der Waals surface area contributed by atoms with E-state index in [1.165, 1.54) is 0 Å². The predicted octanol–water partition coefficient (Wildman–Crippen LogP) is 3.09. The minimum absolute atomic E-state index is 0.0723. The number of pyridine rings is 1. The molecule has 0 spiro atoms. The van der Waals surface area contributed by atoms with Gasteiger partial charge in [-0.15, -0.1) is 0 Å². The largest absolute Gasteiger partial charge is 0.368 e. The van der Waals surface area contributed by atoms with Crippen LogP contribution in [0.1, 0.15) is 0 Å². The number of nitrogens with one attached hydrogen (secondary N) is 1. The van der Waals surface area contributed by atoms with E-state index in [1.54, 1.807) is 24.5 Å². The highest BCUT2D eigenvalue weighted by molar-refractivity contribution is 6.30. The summed E-state index contributed by atoms with van der Waals surface area (Å²) in [6.45, 7) is 2.96. The number of carbonyl (C=O) groups excluding carboxylic acids is 1. The Labute approximate surface area is 134 Å². The monoisotopic (exact) mass is 316 g/mol. The number of aromatic nitrogens is 1. The van der Waals surface area contributed by atoms with Gasteiger partial charge >= 0.3 is 6.03 Å². The van der Waals surface area contributed by atoms with E-state index in [-0.39, 0.29) is 6.03 Å². The number of nitrogens with zero attached hydrogens (tertiary/aromatic N) is 3. The molecule has 1 N–H and O–H groups in total. The SMILES string of the molecule is O=C(Nc1ccncc1)N1CCN(c2cccc(Cl)c2)CC1. The summed E-state index contributed by atoms with van der Waals surface area (Å²) < 4.78 is 0. The van der Waals surface area contributed by atoms with E-state index in [0.717, 1.165) is 29.5 Å². The van der Waals surface area contributed by atoms with Crippen LogP contribution >= 0.6 is 11.6 Å². The Morgan fingerprint density at radius 2 is 1.82 bits per heavy atom. The second kappa shape index (κ2) is 6.66. The molecule has 2 amide bonds. The number of hydrogen-bond donors (Lipinski definition) is 1. The number of benzene rings is 1. The van der Waals surface area contributed by atoms with E-state index in [1.807, 2.05) is 29.2 Å². The van der Waals surface area contributed by atoms with Crippen molar-refractivity contribution in [1.29, 1.82) is 0 Å². The summed E-state index contributed by atoms with van der Waals surface area (Å²) >= 11 is 6.03. The standard InChI is InChI=1S/C16H17ClN4O/c17-13-2-1-3-15(12-13)20-8-10-21(11-9-20)16(22)19-14-4-6-18-7-5-14/h1-7,12H,8-11H2,(H,18,19,22). The highest BCUT2D eigenvalue weighted by Crippen LogP contribution is 2.21. The highest BCUT2D eigenvalue weighted by atomic mass is 35.5. The van der Waals surface area contributed by atoms with Crippen LogP contribution in [0.25, 0.3) is 0 Å². The summed E-state index contributed by atoms with van der Waals surface area (Å²) in [7, 11) is 0. The Morgan fingerprint density at radius 1 is 1.09 bits per heavy atom. The molecular formula is C16H17ClN4O. The first-order chi connectivity index (χ1) is 10.7. The number of urea groups is 1. The smallest absolute Gasteiger partial charge is 0.321 e. The molecule has 0 aliphatic carbocycles. The second-order valence-corrected chi connectivity index (χ2v) is 5.56. The van der Waals surface area contributed by atoms with Crippen molar-refractivity contribution in [2.45, 2.75) is 0 Å². The number of hydrogen-bond acceptors (Lipinski definition) is 3. The first-order valence-electron chi connectivity index (χ1n) is 7.19. The minimum atomic E-state index is -0.0723. The maximum absolute atomic E-state index is 12.2. The van der Waals surface area contributed by atoms with Crippen LogP contribution in [0.5, 0.6) is 0 Å². The van der Waals surface area contributed by atoms with Crippen molar-refractivity contribution in [2.24, 2.45) is 0 Å². The number of piperazine rings is 1. The van der Waals surface area contributed by atoms with Crippen molar-refractivity contribution in [3.8, 4) is 0 Å². The van der Waals surface area contributed by atoms with Crippen molar-refractivity contribution in [2.75, 3.05) is 36.4 Å². The quantitative estimate of drug-likeness (QED) is 0.926. The third-order valence-electron chi connectivity index (χ3n) is 3.67. The van der Waals surface area contributed by atoms with Gasteiger partial charge in [0.15, 0.2) is 0 Å². The molecule has 0 atom stereocenters. The number of halogens is 1. The van der Waals surface area contributed by atoms with Crippen molar-refractivity contribution < 1.29 is 4.79 Å². The van der Waals surface area contributed by atoms with Crippen LogP contribution in [0.4, 0.5) is 16.2 Å². The van der Waals surface area contributed by atoms with Gasteiger partial charge in [-0.3, -0.25) is 4.98 Å². The molecule has 5 nitrogen and oxygen atoms in total. The van der Waals surface area contributed by atoms with Gasteiger partial charge in [-0.25, -0.2) is 4.79 Å². The molecule has 1 aliphatic rings. The second-order valence-electron chi connectivity index (χ2n) is 5.12. The van der Waals surface area contributed by atoms with Gasteiger partial charge in [-0.05, 0) is 30.3 Å². The Balaban J connectivity index is 1.56.